The van der Waals surface area contributed by atoms with Gasteiger partial charge in [-0.2, -0.15) is 0 Å². The van der Waals surface area contributed by atoms with E-state index in [1.165, 1.54) is 11.3 Å². The molecular formula is C13H17N3. The van der Waals surface area contributed by atoms with Crippen molar-refractivity contribution in [3.63, 3.8) is 0 Å². The fourth-order valence-corrected chi connectivity index (χ4v) is 2.77. The molecule has 2 atom stereocenters. The van der Waals surface area contributed by atoms with Gasteiger partial charge in [-0.05, 0) is 31.4 Å². The zero-order valence-corrected chi connectivity index (χ0v) is 9.61. The van der Waals surface area contributed by atoms with Crippen LogP contribution in [0, 0.1) is 12.8 Å². The fraction of sp³-hybridized carbons (Fsp3) is 0.538. The first kappa shape index (κ1) is 9.97. The standard InChI is InChI=1S/C13H17N3/c1-9-11(3-2-5-15-9)13-7-10-8-14-6-4-12(10)16-13/h2-3,5,10,13-14H,4,6-8H2,1H3. The molecule has 16 heavy (non-hydrogen) atoms. The lowest BCUT2D eigenvalue weighted by Crippen LogP contribution is -2.34. The second-order valence-corrected chi connectivity index (χ2v) is 4.70. The van der Waals surface area contributed by atoms with Crippen molar-refractivity contribution >= 4 is 5.71 Å². The normalized spacial score (nSPS) is 28.7. The van der Waals surface area contributed by atoms with Gasteiger partial charge in [-0.15, -0.1) is 0 Å². The number of fused-ring (bicyclic) bond motifs is 1. The molecule has 3 nitrogen and oxygen atoms in total. The number of hydrogen-bond acceptors (Lipinski definition) is 3. The Kier molecular flexibility index (Phi) is 2.48. The molecule has 3 heteroatoms. The summed E-state index contributed by atoms with van der Waals surface area (Å²) in [5, 5.41) is 3.45. The number of rotatable bonds is 1. The molecule has 3 rings (SSSR count). The number of nitrogens with one attached hydrogen (secondary N) is 1. The van der Waals surface area contributed by atoms with Crippen LogP contribution in [0.3, 0.4) is 0 Å². The lowest BCUT2D eigenvalue weighted by molar-refractivity contribution is 0.515. The molecule has 1 saturated heterocycles. The molecule has 2 aliphatic rings. The first-order valence-electron chi connectivity index (χ1n) is 6.03. The quantitative estimate of drug-likeness (QED) is 0.776. The van der Waals surface area contributed by atoms with Crippen molar-refractivity contribution in [1.29, 1.82) is 0 Å². The molecule has 84 valence electrons. The number of aliphatic imine (C=N–C) groups is 1. The molecule has 1 aromatic rings. The van der Waals surface area contributed by atoms with E-state index in [9.17, 15) is 0 Å². The first-order valence-corrected chi connectivity index (χ1v) is 6.03. The summed E-state index contributed by atoms with van der Waals surface area (Å²) in [5.41, 5.74) is 3.86. The summed E-state index contributed by atoms with van der Waals surface area (Å²) in [5.74, 6) is 0.665. The molecular weight excluding hydrogens is 198 g/mol. The lowest BCUT2D eigenvalue weighted by Gasteiger charge is -2.19. The Morgan fingerprint density at radius 1 is 1.44 bits per heavy atom. The highest BCUT2D eigenvalue weighted by Crippen LogP contribution is 2.35. The van der Waals surface area contributed by atoms with Crippen LogP contribution in [0.4, 0.5) is 0 Å². The van der Waals surface area contributed by atoms with Crippen LogP contribution in [0.25, 0.3) is 0 Å². The zero-order chi connectivity index (χ0) is 11.0. The Morgan fingerprint density at radius 2 is 2.38 bits per heavy atom. The van der Waals surface area contributed by atoms with Gasteiger partial charge in [0.1, 0.15) is 0 Å². The summed E-state index contributed by atoms with van der Waals surface area (Å²) in [4.78, 5) is 9.23. The zero-order valence-electron chi connectivity index (χ0n) is 9.61. The third-order valence-electron chi connectivity index (χ3n) is 3.66. The van der Waals surface area contributed by atoms with Crippen LogP contribution in [-0.2, 0) is 0 Å². The van der Waals surface area contributed by atoms with E-state index in [1.54, 1.807) is 0 Å². The van der Waals surface area contributed by atoms with Gasteiger partial charge >= 0.3 is 0 Å². The second kappa shape index (κ2) is 3.98. The molecule has 1 fully saturated rings. The Bertz CT molecular complexity index is 425. The highest BCUT2D eigenvalue weighted by Gasteiger charge is 2.31. The largest absolute Gasteiger partial charge is 0.316 e. The highest BCUT2D eigenvalue weighted by molar-refractivity contribution is 5.89. The van der Waals surface area contributed by atoms with E-state index in [0.29, 0.717) is 12.0 Å². The molecule has 0 spiro atoms. The van der Waals surface area contributed by atoms with E-state index in [4.69, 9.17) is 4.99 Å². The molecule has 0 aliphatic carbocycles. The van der Waals surface area contributed by atoms with E-state index >= 15 is 0 Å². The number of nitrogens with zero attached hydrogens (tertiary/aromatic N) is 2. The molecule has 3 heterocycles. The van der Waals surface area contributed by atoms with Crippen LogP contribution >= 0.6 is 0 Å². The van der Waals surface area contributed by atoms with Crippen molar-refractivity contribution in [1.82, 2.24) is 10.3 Å². The molecule has 0 amide bonds. The van der Waals surface area contributed by atoms with Crippen LogP contribution in [0.2, 0.25) is 0 Å². The number of aromatic nitrogens is 1. The van der Waals surface area contributed by atoms with Crippen LogP contribution in [0.5, 0.6) is 0 Å². The van der Waals surface area contributed by atoms with Crippen LogP contribution in [-0.4, -0.2) is 23.8 Å². The fourth-order valence-electron chi connectivity index (χ4n) is 2.77. The monoisotopic (exact) mass is 215 g/mol. The molecule has 0 bridgehead atoms. The molecule has 2 unspecified atom stereocenters. The molecule has 1 N–H and O–H groups in total. The minimum Gasteiger partial charge on any atom is -0.316 e. The number of aryl methyl sites for hydroxylation is 1. The van der Waals surface area contributed by atoms with Crippen molar-refractivity contribution in [2.24, 2.45) is 10.9 Å². The third-order valence-corrected chi connectivity index (χ3v) is 3.66. The molecule has 0 saturated carbocycles. The maximum absolute atomic E-state index is 4.88. The van der Waals surface area contributed by atoms with Crippen molar-refractivity contribution in [3.05, 3.63) is 29.6 Å². The summed E-state index contributed by atoms with van der Waals surface area (Å²) in [6.45, 7) is 4.28. The molecule has 2 aliphatic heterocycles. The van der Waals surface area contributed by atoms with Gasteiger partial charge in [-0.1, -0.05) is 6.07 Å². The average molecular weight is 215 g/mol. The van der Waals surface area contributed by atoms with Crippen molar-refractivity contribution < 1.29 is 0 Å². The second-order valence-electron chi connectivity index (χ2n) is 4.70. The third kappa shape index (κ3) is 1.65. The summed E-state index contributed by atoms with van der Waals surface area (Å²) in [6.07, 6.45) is 4.14. The topological polar surface area (TPSA) is 37.3 Å². The van der Waals surface area contributed by atoms with Crippen molar-refractivity contribution in [3.8, 4) is 0 Å². The van der Waals surface area contributed by atoms with Gasteiger partial charge in [0.05, 0.1) is 6.04 Å². The molecule has 0 radical (unpaired) electrons. The van der Waals surface area contributed by atoms with E-state index in [1.807, 2.05) is 12.3 Å². The van der Waals surface area contributed by atoms with E-state index < -0.39 is 0 Å². The minimum absolute atomic E-state index is 0.355. The smallest absolute Gasteiger partial charge is 0.0772 e. The van der Waals surface area contributed by atoms with Gasteiger partial charge in [0.2, 0.25) is 0 Å². The summed E-state index contributed by atoms with van der Waals surface area (Å²) < 4.78 is 0. The van der Waals surface area contributed by atoms with Gasteiger partial charge in [0, 0.05) is 36.6 Å². The van der Waals surface area contributed by atoms with Gasteiger partial charge < -0.3 is 5.32 Å². The van der Waals surface area contributed by atoms with E-state index in [-0.39, 0.29) is 0 Å². The summed E-state index contributed by atoms with van der Waals surface area (Å²) >= 11 is 0. The van der Waals surface area contributed by atoms with Crippen LogP contribution in [0.15, 0.2) is 23.3 Å². The van der Waals surface area contributed by atoms with Crippen LogP contribution in [0.1, 0.15) is 30.1 Å². The van der Waals surface area contributed by atoms with Crippen molar-refractivity contribution in [2.45, 2.75) is 25.8 Å². The number of pyridine rings is 1. The molecule has 1 aromatic heterocycles. The van der Waals surface area contributed by atoms with Gasteiger partial charge in [0.15, 0.2) is 0 Å². The predicted octanol–water partition coefficient (Wildman–Crippen LogP) is 1.89. The maximum atomic E-state index is 4.88. The highest BCUT2D eigenvalue weighted by atomic mass is 14.9. The van der Waals surface area contributed by atoms with Gasteiger partial charge in [-0.25, -0.2) is 0 Å². The van der Waals surface area contributed by atoms with Crippen molar-refractivity contribution in [2.75, 3.05) is 13.1 Å². The van der Waals surface area contributed by atoms with E-state index in [2.05, 4.69) is 23.3 Å². The Labute approximate surface area is 96.0 Å². The Hall–Kier alpha value is -1.22. The SMILES string of the molecule is Cc1ncccc1C1CC2CNCCC2=N1. The van der Waals surface area contributed by atoms with Gasteiger partial charge in [0.25, 0.3) is 0 Å². The van der Waals surface area contributed by atoms with E-state index in [0.717, 1.165) is 31.6 Å². The Morgan fingerprint density at radius 3 is 3.19 bits per heavy atom. The van der Waals surface area contributed by atoms with Crippen LogP contribution < -0.4 is 5.32 Å². The van der Waals surface area contributed by atoms with Gasteiger partial charge in [-0.3, -0.25) is 9.98 Å². The number of piperidine rings is 1. The minimum atomic E-state index is 0.355. The summed E-state index contributed by atoms with van der Waals surface area (Å²) in [6, 6.07) is 4.54. The maximum Gasteiger partial charge on any atom is 0.0772 e. The molecule has 0 aromatic carbocycles. The Balaban J connectivity index is 1.88. The average Bonchev–Trinajstić information content (AvgIpc) is 2.73. The lowest BCUT2D eigenvalue weighted by atomic mass is 9.92. The first-order chi connectivity index (χ1) is 7.84. The predicted molar refractivity (Wildman–Crippen MR) is 64.7 cm³/mol. The number of hydrogen-bond donors (Lipinski definition) is 1. The summed E-state index contributed by atoms with van der Waals surface area (Å²) in [7, 11) is 0.